The van der Waals surface area contributed by atoms with Crippen LogP contribution in [0.1, 0.15) is 17.3 Å². The van der Waals surface area contributed by atoms with Gasteiger partial charge in [-0.05, 0) is 25.1 Å². The Morgan fingerprint density at radius 1 is 1.50 bits per heavy atom. The van der Waals surface area contributed by atoms with E-state index in [2.05, 4.69) is 5.32 Å². The summed E-state index contributed by atoms with van der Waals surface area (Å²) >= 11 is 5.81. The summed E-state index contributed by atoms with van der Waals surface area (Å²) in [4.78, 5) is 22.5. The van der Waals surface area contributed by atoms with Crippen molar-refractivity contribution in [3.8, 4) is 5.75 Å². The lowest BCUT2D eigenvalue weighted by atomic mass is 10.1. The molecule has 6 heteroatoms. The number of carbonyl (C=O) groups excluding carboxylic acids is 1. The van der Waals surface area contributed by atoms with Crippen molar-refractivity contribution in [2.45, 2.75) is 13.0 Å². The minimum atomic E-state index is -1.01. The number of hydrogen-bond donors (Lipinski definition) is 2. The molecule has 0 aliphatic rings. The van der Waals surface area contributed by atoms with Crippen LogP contribution in [0.5, 0.6) is 5.75 Å². The first-order chi connectivity index (χ1) is 8.45. The van der Waals surface area contributed by atoms with Crippen LogP contribution in [-0.2, 0) is 4.79 Å². The summed E-state index contributed by atoms with van der Waals surface area (Å²) in [5.41, 5.74) is 0.329. The van der Waals surface area contributed by atoms with Crippen LogP contribution in [0.3, 0.4) is 0 Å². The zero-order valence-corrected chi connectivity index (χ0v) is 10.8. The lowest BCUT2D eigenvalue weighted by molar-refractivity contribution is -0.138. The first-order valence-corrected chi connectivity index (χ1v) is 5.66. The molecule has 1 aromatic carbocycles. The summed E-state index contributed by atoms with van der Waals surface area (Å²) in [5, 5.41) is 11.7. The average molecular weight is 272 g/mol. The minimum Gasteiger partial charge on any atom is -0.496 e. The van der Waals surface area contributed by atoms with E-state index in [0.717, 1.165) is 0 Å². The largest absolute Gasteiger partial charge is 0.496 e. The maximum atomic E-state index is 11.9. The van der Waals surface area contributed by atoms with Crippen molar-refractivity contribution in [1.82, 2.24) is 5.32 Å². The van der Waals surface area contributed by atoms with Crippen molar-refractivity contribution in [1.29, 1.82) is 0 Å². The van der Waals surface area contributed by atoms with Crippen LogP contribution in [0.25, 0.3) is 0 Å². The molecule has 2 N–H and O–H groups in total. The molecule has 1 aromatic rings. The van der Waals surface area contributed by atoms with Crippen molar-refractivity contribution in [2.75, 3.05) is 13.7 Å². The second-order valence-electron chi connectivity index (χ2n) is 3.71. The number of halogens is 1. The quantitative estimate of drug-likeness (QED) is 0.769. The summed E-state index contributed by atoms with van der Waals surface area (Å²) in [7, 11) is 1.45. The Balaban J connectivity index is 2.78. The lowest BCUT2D eigenvalue weighted by Gasteiger charge is -2.10. The summed E-state index contributed by atoms with van der Waals surface area (Å²) < 4.78 is 5.05. The molecule has 0 aromatic heterocycles. The fraction of sp³-hybridized carbons (Fsp3) is 0.333. The highest BCUT2D eigenvalue weighted by Gasteiger charge is 2.16. The van der Waals surface area contributed by atoms with Crippen LogP contribution >= 0.6 is 11.6 Å². The maximum absolute atomic E-state index is 11.9. The molecule has 0 amide bonds. The Kier molecular flexibility index (Phi) is 5.12. The van der Waals surface area contributed by atoms with Crippen LogP contribution in [0.2, 0.25) is 5.02 Å². The van der Waals surface area contributed by atoms with Gasteiger partial charge in [0.2, 0.25) is 0 Å². The fourth-order valence-electron chi connectivity index (χ4n) is 1.33. The Labute approximate surface area is 110 Å². The van der Waals surface area contributed by atoms with E-state index in [4.69, 9.17) is 21.4 Å². The molecule has 0 fully saturated rings. The van der Waals surface area contributed by atoms with Gasteiger partial charge < -0.3 is 9.84 Å². The van der Waals surface area contributed by atoms with Gasteiger partial charge in [0.05, 0.1) is 19.2 Å². The highest BCUT2D eigenvalue weighted by atomic mass is 35.5. The van der Waals surface area contributed by atoms with E-state index in [9.17, 15) is 9.59 Å². The molecule has 1 unspecified atom stereocenters. The number of Topliss-reactive ketones (excluding diaryl/α,β-unsaturated/α-hetero) is 1. The molecular weight excluding hydrogens is 258 g/mol. The third-order valence-electron chi connectivity index (χ3n) is 2.40. The van der Waals surface area contributed by atoms with Crippen molar-refractivity contribution in [3.05, 3.63) is 28.8 Å². The third-order valence-corrected chi connectivity index (χ3v) is 2.64. The molecule has 1 atom stereocenters. The molecule has 0 aliphatic heterocycles. The first kappa shape index (κ1) is 14.5. The fourth-order valence-corrected chi connectivity index (χ4v) is 1.50. The molecular formula is C12H14ClNO4. The Morgan fingerprint density at radius 3 is 2.72 bits per heavy atom. The predicted molar refractivity (Wildman–Crippen MR) is 67.4 cm³/mol. The molecule has 1 rings (SSSR count). The van der Waals surface area contributed by atoms with E-state index in [1.807, 2.05) is 0 Å². The van der Waals surface area contributed by atoms with Crippen molar-refractivity contribution < 1.29 is 19.4 Å². The normalized spacial score (nSPS) is 11.9. The topological polar surface area (TPSA) is 75.6 Å². The Hall–Kier alpha value is -1.59. The van der Waals surface area contributed by atoms with Gasteiger partial charge in [0.15, 0.2) is 5.78 Å². The number of benzene rings is 1. The summed E-state index contributed by atoms with van der Waals surface area (Å²) in [6.07, 6.45) is 0. The summed E-state index contributed by atoms with van der Waals surface area (Å²) in [6, 6.07) is 3.91. The van der Waals surface area contributed by atoms with E-state index in [1.54, 1.807) is 12.1 Å². The van der Waals surface area contributed by atoms with E-state index < -0.39 is 12.0 Å². The Morgan fingerprint density at radius 2 is 2.17 bits per heavy atom. The average Bonchev–Trinajstić information content (AvgIpc) is 2.35. The van der Waals surface area contributed by atoms with E-state index in [0.29, 0.717) is 16.3 Å². The number of nitrogens with one attached hydrogen (secondary N) is 1. The van der Waals surface area contributed by atoms with E-state index in [-0.39, 0.29) is 12.3 Å². The Bertz CT molecular complexity index is 461. The molecule has 0 heterocycles. The minimum absolute atomic E-state index is 0.0931. The monoisotopic (exact) mass is 271 g/mol. The number of aliphatic carboxylic acids is 1. The van der Waals surface area contributed by atoms with E-state index >= 15 is 0 Å². The van der Waals surface area contributed by atoms with Crippen molar-refractivity contribution in [3.63, 3.8) is 0 Å². The van der Waals surface area contributed by atoms with Gasteiger partial charge in [-0.25, -0.2) is 0 Å². The molecule has 0 aliphatic carbocycles. The zero-order valence-electron chi connectivity index (χ0n) is 10.1. The summed E-state index contributed by atoms with van der Waals surface area (Å²) in [5.74, 6) is -0.877. The molecule has 18 heavy (non-hydrogen) atoms. The third kappa shape index (κ3) is 3.72. The summed E-state index contributed by atoms with van der Waals surface area (Å²) in [6.45, 7) is 1.37. The van der Waals surface area contributed by atoms with Gasteiger partial charge in [-0.3, -0.25) is 14.9 Å². The van der Waals surface area contributed by atoms with Gasteiger partial charge in [0.25, 0.3) is 0 Å². The first-order valence-electron chi connectivity index (χ1n) is 5.28. The van der Waals surface area contributed by atoms with Crippen molar-refractivity contribution in [2.24, 2.45) is 0 Å². The van der Waals surface area contributed by atoms with Crippen LogP contribution in [0.4, 0.5) is 0 Å². The van der Waals surface area contributed by atoms with Crippen LogP contribution in [0, 0.1) is 0 Å². The molecule has 0 saturated heterocycles. The molecule has 0 spiro atoms. The lowest BCUT2D eigenvalue weighted by Crippen LogP contribution is -2.37. The van der Waals surface area contributed by atoms with Gasteiger partial charge in [0, 0.05) is 5.02 Å². The number of carbonyl (C=O) groups is 2. The van der Waals surface area contributed by atoms with Crippen LogP contribution in [-0.4, -0.2) is 36.6 Å². The van der Waals surface area contributed by atoms with Gasteiger partial charge in [-0.1, -0.05) is 11.6 Å². The standard InChI is InChI=1S/C12H14ClNO4/c1-7(12(16)17)14-6-10(15)9-5-8(13)3-4-11(9)18-2/h3-5,7,14H,6H2,1-2H3,(H,16,17). The van der Waals surface area contributed by atoms with Gasteiger partial charge >= 0.3 is 5.97 Å². The maximum Gasteiger partial charge on any atom is 0.320 e. The zero-order chi connectivity index (χ0) is 13.7. The van der Waals surface area contributed by atoms with Crippen molar-refractivity contribution >= 4 is 23.4 Å². The number of methoxy groups -OCH3 is 1. The molecule has 0 radical (unpaired) electrons. The predicted octanol–water partition coefficient (Wildman–Crippen LogP) is 1.59. The van der Waals surface area contributed by atoms with Crippen LogP contribution < -0.4 is 10.1 Å². The highest BCUT2D eigenvalue weighted by molar-refractivity contribution is 6.31. The number of rotatable bonds is 6. The number of ether oxygens (including phenoxy) is 1. The van der Waals surface area contributed by atoms with E-state index in [1.165, 1.54) is 20.1 Å². The molecule has 0 bridgehead atoms. The SMILES string of the molecule is COc1ccc(Cl)cc1C(=O)CNC(C)C(=O)O. The number of hydrogen-bond acceptors (Lipinski definition) is 4. The smallest absolute Gasteiger partial charge is 0.320 e. The van der Waals surface area contributed by atoms with Gasteiger partial charge in [-0.2, -0.15) is 0 Å². The second kappa shape index (κ2) is 6.37. The van der Waals surface area contributed by atoms with Gasteiger partial charge in [0.1, 0.15) is 11.8 Å². The number of ketones is 1. The molecule has 5 nitrogen and oxygen atoms in total. The second-order valence-corrected chi connectivity index (χ2v) is 4.15. The number of carboxylic acid groups (broad SMARTS) is 1. The van der Waals surface area contributed by atoms with Crippen LogP contribution in [0.15, 0.2) is 18.2 Å². The van der Waals surface area contributed by atoms with Gasteiger partial charge in [-0.15, -0.1) is 0 Å². The number of carboxylic acids is 1. The molecule has 0 saturated carbocycles. The molecule has 98 valence electrons. The highest BCUT2D eigenvalue weighted by Crippen LogP contribution is 2.22.